The van der Waals surface area contributed by atoms with Crippen LogP contribution in [0.3, 0.4) is 0 Å². The second kappa shape index (κ2) is 7.59. The van der Waals surface area contributed by atoms with Crippen LogP contribution >= 0.6 is 0 Å². The van der Waals surface area contributed by atoms with Gasteiger partial charge in [-0.2, -0.15) is 0 Å². The maximum Gasteiger partial charge on any atom is 0.227 e. The van der Waals surface area contributed by atoms with E-state index in [0.29, 0.717) is 25.4 Å². The summed E-state index contributed by atoms with van der Waals surface area (Å²) < 4.78 is 0. The first-order valence-corrected chi connectivity index (χ1v) is 8.62. The van der Waals surface area contributed by atoms with Crippen molar-refractivity contribution >= 4 is 17.5 Å². The number of rotatable bonds is 6. The highest BCUT2D eigenvalue weighted by Crippen LogP contribution is 2.21. The highest BCUT2D eigenvalue weighted by molar-refractivity contribution is 5.95. The van der Waals surface area contributed by atoms with Gasteiger partial charge in [-0.25, -0.2) is 0 Å². The molecule has 3 rings (SSSR count). The number of nitrogens with one attached hydrogen (secondary N) is 2. The lowest BCUT2D eigenvalue weighted by Crippen LogP contribution is -2.27. The second-order valence-corrected chi connectivity index (χ2v) is 6.42. The number of carbonyl (C=O) groups is 2. The van der Waals surface area contributed by atoms with Gasteiger partial charge in [-0.05, 0) is 49.9 Å². The number of hydrogen-bond donors (Lipinski definition) is 2. The number of carbonyl (C=O) groups excluding carboxylic acids is 2. The quantitative estimate of drug-likeness (QED) is 0.843. The summed E-state index contributed by atoms with van der Waals surface area (Å²) in [6.45, 7) is 2.44. The Kier molecular flexibility index (Phi) is 5.28. The first kappa shape index (κ1) is 16.0. The summed E-state index contributed by atoms with van der Waals surface area (Å²) in [5.41, 5.74) is 2.02. The van der Waals surface area contributed by atoms with Crippen molar-refractivity contribution in [3.8, 4) is 0 Å². The van der Waals surface area contributed by atoms with Gasteiger partial charge < -0.3 is 15.5 Å². The Morgan fingerprint density at radius 3 is 2.74 bits per heavy atom. The molecule has 1 atom stereocenters. The number of benzene rings is 1. The summed E-state index contributed by atoms with van der Waals surface area (Å²) in [7, 11) is 0. The van der Waals surface area contributed by atoms with Gasteiger partial charge in [0.1, 0.15) is 0 Å². The van der Waals surface area contributed by atoms with Gasteiger partial charge >= 0.3 is 0 Å². The molecular formula is C18H25N3O2. The second-order valence-electron chi connectivity index (χ2n) is 6.42. The molecule has 5 nitrogen and oxygen atoms in total. The number of hydrogen-bond acceptors (Lipinski definition) is 3. The molecule has 124 valence electrons. The highest BCUT2D eigenvalue weighted by Gasteiger charge is 2.21. The average Bonchev–Trinajstić information content (AvgIpc) is 3.23. The Balaban J connectivity index is 1.42. The smallest absolute Gasteiger partial charge is 0.227 e. The van der Waals surface area contributed by atoms with Crippen molar-refractivity contribution in [2.75, 3.05) is 18.0 Å². The summed E-state index contributed by atoms with van der Waals surface area (Å²) in [5.74, 6) is 0.309. The van der Waals surface area contributed by atoms with Crippen molar-refractivity contribution in [3.63, 3.8) is 0 Å². The summed E-state index contributed by atoms with van der Waals surface area (Å²) >= 11 is 0. The molecule has 0 bridgehead atoms. The summed E-state index contributed by atoms with van der Waals surface area (Å²) in [6.07, 6.45) is 5.49. The van der Waals surface area contributed by atoms with Crippen LogP contribution in [0.4, 0.5) is 5.69 Å². The molecular weight excluding hydrogens is 290 g/mol. The Morgan fingerprint density at radius 1 is 1.26 bits per heavy atom. The topological polar surface area (TPSA) is 61.4 Å². The fraction of sp³-hybridized carbons (Fsp3) is 0.556. The molecule has 0 aliphatic carbocycles. The van der Waals surface area contributed by atoms with Crippen LogP contribution in [-0.2, 0) is 16.1 Å². The van der Waals surface area contributed by atoms with Crippen LogP contribution < -0.4 is 15.5 Å². The zero-order valence-corrected chi connectivity index (χ0v) is 13.5. The van der Waals surface area contributed by atoms with Crippen molar-refractivity contribution in [2.45, 2.75) is 51.1 Å². The lowest BCUT2D eigenvalue weighted by Gasteiger charge is -2.16. The van der Waals surface area contributed by atoms with Crippen molar-refractivity contribution in [3.05, 3.63) is 29.8 Å². The van der Waals surface area contributed by atoms with E-state index in [1.807, 2.05) is 29.2 Å². The minimum atomic E-state index is 0.109. The summed E-state index contributed by atoms with van der Waals surface area (Å²) in [5, 5.41) is 6.38. The zero-order valence-electron chi connectivity index (χ0n) is 13.5. The van der Waals surface area contributed by atoms with Crippen LogP contribution in [0.25, 0.3) is 0 Å². The van der Waals surface area contributed by atoms with Gasteiger partial charge in [0.15, 0.2) is 0 Å². The minimum Gasteiger partial charge on any atom is -0.352 e. The first-order chi connectivity index (χ1) is 11.2. The predicted molar refractivity (Wildman–Crippen MR) is 90.1 cm³/mol. The Hall–Kier alpha value is -1.88. The van der Waals surface area contributed by atoms with E-state index in [1.54, 1.807) is 0 Å². The van der Waals surface area contributed by atoms with Crippen molar-refractivity contribution in [1.82, 2.24) is 10.6 Å². The van der Waals surface area contributed by atoms with Gasteiger partial charge in [-0.15, -0.1) is 0 Å². The van der Waals surface area contributed by atoms with E-state index in [2.05, 4.69) is 10.6 Å². The largest absolute Gasteiger partial charge is 0.352 e. The number of amides is 2. The van der Waals surface area contributed by atoms with E-state index in [1.165, 1.54) is 12.8 Å². The number of anilines is 1. The molecule has 23 heavy (non-hydrogen) atoms. The number of nitrogens with zero attached hydrogens (tertiary/aromatic N) is 1. The van der Waals surface area contributed by atoms with Crippen LogP contribution in [0.1, 0.15) is 44.1 Å². The van der Waals surface area contributed by atoms with Crippen LogP contribution in [0, 0.1) is 0 Å². The van der Waals surface area contributed by atoms with Crippen LogP contribution in [0.5, 0.6) is 0 Å². The van der Waals surface area contributed by atoms with E-state index in [4.69, 9.17) is 0 Å². The molecule has 5 heteroatoms. The summed E-state index contributed by atoms with van der Waals surface area (Å²) in [6, 6.07) is 8.41. The first-order valence-electron chi connectivity index (χ1n) is 8.62. The Morgan fingerprint density at radius 2 is 2.09 bits per heavy atom. The van der Waals surface area contributed by atoms with Crippen molar-refractivity contribution < 1.29 is 9.59 Å². The molecule has 2 N–H and O–H groups in total. The van der Waals surface area contributed by atoms with Gasteiger partial charge in [0, 0.05) is 37.7 Å². The minimum absolute atomic E-state index is 0.109. The average molecular weight is 315 g/mol. The lowest BCUT2D eigenvalue weighted by atomic mass is 10.1. The van der Waals surface area contributed by atoms with Crippen LogP contribution in [0.15, 0.2) is 24.3 Å². The van der Waals surface area contributed by atoms with E-state index in [-0.39, 0.29) is 11.8 Å². The van der Waals surface area contributed by atoms with Gasteiger partial charge in [0.25, 0.3) is 0 Å². The van der Waals surface area contributed by atoms with Gasteiger partial charge in [0.05, 0.1) is 0 Å². The van der Waals surface area contributed by atoms with Gasteiger partial charge in [-0.1, -0.05) is 12.1 Å². The normalized spacial score (nSPS) is 21.0. The molecule has 0 spiro atoms. The van der Waals surface area contributed by atoms with Gasteiger partial charge in [-0.3, -0.25) is 9.59 Å². The lowest BCUT2D eigenvalue weighted by molar-refractivity contribution is -0.121. The maximum atomic E-state index is 11.9. The van der Waals surface area contributed by atoms with E-state index in [0.717, 1.165) is 37.2 Å². The molecule has 2 fully saturated rings. The Labute approximate surface area is 137 Å². The SMILES string of the molecule is O=C(CCC1CCCN1)NCc1ccc(N2CCCC2=O)cc1. The summed E-state index contributed by atoms with van der Waals surface area (Å²) in [4.78, 5) is 25.5. The third kappa shape index (κ3) is 4.32. The standard InChI is InChI=1S/C18H25N3O2/c22-17(10-7-15-3-1-11-19-15)20-13-14-5-8-16(9-6-14)21-12-2-4-18(21)23/h5-6,8-9,15,19H,1-4,7,10-13H2,(H,20,22). The zero-order chi connectivity index (χ0) is 16.1. The maximum absolute atomic E-state index is 11.9. The molecule has 2 aliphatic heterocycles. The molecule has 1 aromatic carbocycles. The monoisotopic (exact) mass is 315 g/mol. The molecule has 1 aromatic rings. The van der Waals surface area contributed by atoms with E-state index in [9.17, 15) is 9.59 Å². The molecule has 2 amide bonds. The third-order valence-electron chi connectivity index (χ3n) is 4.69. The van der Waals surface area contributed by atoms with Crippen LogP contribution in [-0.4, -0.2) is 30.9 Å². The molecule has 2 saturated heterocycles. The Bertz CT molecular complexity index is 550. The van der Waals surface area contributed by atoms with Crippen molar-refractivity contribution in [1.29, 1.82) is 0 Å². The molecule has 0 saturated carbocycles. The predicted octanol–water partition coefficient (Wildman–Crippen LogP) is 1.96. The van der Waals surface area contributed by atoms with Crippen molar-refractivity contribution in [2.24, 2.45) is 0 Å². The molecule has 2 aliphatic rings. The fourth-order valence-corrected chi connectivity index (χ4v) is 3.31. The van der Waals surface area contributed by atoms with E-state index < -0.39 is 0 Å². The highest BCUT2D eigenvalue weighted by atomic mass is 16.2. The third-order valence-corrected chi connectivity index (χ3v) is 4.69. The molecule has 2 heterocycles. The molecule has 0 aromatic heterocycles. The van der Waals surface area contributed by atoms with E-state index >= 15 is 0 Å². The van der Waals surface area contributed by atoms with Crippen LogP contribution in [0.2, 0.25) is 0 Å². The molecule has 0 radical (unpaired) electrons. The van der Waals surface area contributed by atoms with Gasteiger partial charge in [0.2, 0.25) is 11.8 Å². The molecule has 1 unspecified atom stereocenters. The fourth-order valence-electron chi connectivity index (χ4n) is 3.31.